The van der Waals surface area contributed by atoms with Gasteiger partial charge in [-0.05, 0) is 42.3 Å². The number of H-pyrrole nitrogens is 1. The van der Waals surface area contributed by atoms with Gasteiger partial charge < -0.3 is 14.4 Å². The molecule has 1 saturated heterocycles. The van der Waals surface area contributed by atoms with Crippen molar-refractivity contribution in [3.05, 3.63) is 60.4 Å². The number of benzene rings is 2. The molecule has 0 amide bonds. The van der Waals surface area contributed by atoms with Gasteiger partial charge in [-0.15, -0.1) is 0 Å². The first kappa shape index (κ1) is 15.1. The normalized spacial score (nSPS) is 17.7. The molecule has 0 radical (unpaired) electrons. The van der Waals surface area contributed by atoms with Gasteiger partial charge in [-0.3, -0.25) is 0 Å². The monoisotopic (exact) mass is 345 g/mol. The summed E-state index contributed by atoms with van der Waals surface area (Å²) in [7, 11) is 0. The maximum atomic E-state index is 5.47. The Morgan fingerprint density at radius 1 is 1.00 bits per heavy atom. The Morgan fingerprint density at radius 3 is 2.73 bits per heavy atom. The van der Waals surface area contributed by atoms with E-state index in [9.17, 15) is 0 Å². The molecular formula is C20H19N5O. The fourth-order valence-electron chi connectivity index (χ4n) is 3.59. The van der Waals surface area contributed by atoms with Crippen molar-refractivity contribution >= 4 is 17.0 Å². The van der Waals surface area contributed by atoms with E-state index in [1.54, 1.807) is 0 Å². The van der Waals surface area contributed by atoms with Crippen molar-refractivity contribution in [3.63, 3.8) is 0 Å². The summed E-state index contributed by atoms with van der Waals surface area (Å²) in [5, 5.41) is 4.20. The van der Waals surface area contributed by atoms with Crippen LogP contribution in [-0.2, 0) is 0 Å². The molecule has 1 aliphatic rings. The predicted molar refractivity (Wildman–Crippen MR) is 100 cm³/mol. The number of aromatic nitrogens is 4. The number of hydrogen-bond donors (Lipinski definition) is 1. The quantitative estimate of drug-likeness (QED) is 0.608. The zero-order chi connectivity index (χ0) is 17.3. The smallest absolute Gasteiger partial charge is 0.266 e. The molecule has 1 aliphatic heterocycles. The number of nitrogens with zero attached hydrogens (tertiary/aromatic N) is 4. The topological polar surface area (TPSA) is 70.8 Å². The van der Waals surface area contributed by atoms with Gasteiger partial charge in [0, 0.05) is 24.6 Å². The van der Waals surface area contributed by atoms with Gasteiger partial charge in [-0.25, -0.2) is 4.98 Å². The Labute approximate surface area is 150 Å². The van der Waals surface area contributed by atoms with E-state index < -0.39 is 0 Å². The molecule has 6 heteroatoms. The van der Waals surface area contributed by atoms with Gasteiger partial charge in [-0.1, -0.05) is 30.3 Å². The van der Waals surface area contributed by atoms with Gasteiger partial charge in [0.1, 0.15) is 5.82 Å². The lowest BCUT2D eigenvalue weighted by Gasteiger charge is -2.30. The van der Waals surface area contributed by atoms with Crippen molar-refractivity contribution in [1.82, 2.24) is 20.1 Å². The van der Waals surface area contributed by atoms with E-state index in [1.807, 2.05) is 48.5 Å². The molecule has 4 aromatic rings. The minimum Gasteiger partial charge on any atom is -0.342 e. The maximum absolute atomic E-state index is 5.47. The highest BCUT2D eigenvalue weighted by Crippen LogP contribution is 2.29. The van der Waals surface area contributed by atoms with Crippen molar-refractivity contribution < 1.29 is 4.52 Å². The van der Waals surface area contributed by atoms with Crippen LogP contribution >= 0.6 is 0 Å². The Hall–Kier alpha value is -3.15. The highest BCUT2D eigenvalue weighted by Gasteiger charge is 2.26. The number of rotatable bonds is 3. The molecule has 6 nitrogen and oxygen atoms in total. The maximum Gasteiger partial charge on any atom is 0.266 e. The first-order valence-electron chi connectivity index (χ1n) is 8.95. The van der Waals surface area contributed by atoms with E-state index in [0.717, 1.165) is 48.4 Å². The van der Waals surface area contributed by atoms with Crippen molar-refractivity contribution in [2.24, 2.45) is 0 Å². The molecule has 1 fully saturated rings. The van der Waals surface area contributed by atoms with Crippen LogP contribution in [0, 0.1) is 0 Å². The van der Waals surface area contributed by atoms with Crippen LogP contribution in [0.3, 0.4) is 0 Å². The van der Waals surface area contributed by atoms with E-state index >= 15 is 0 Å². The highest BCUT2D eigenvalue weighted by atomic mass is 16.5. The molecule has 2 aromatic heterocycles. The average molecular weight is 345 g/mol. The summed E-state index contributed by atoms with van der Waals surface area (Å²) in [5.74, 6) is 2.61. The van der Waals surface area contributed by atoms with Crippen LogP contribution in [-0.4, -0.2) is 33.2 Å². The average Bonchev–Trinajstić information content (AvgIpc) is 3.36. The van der Waals surface area contributed by atoms with E-state index in [2.05, 4.69) is 26.1 Å². The van der Waals surface area contributed by atoms with E-state index in [-0.39, 0.29) is 0 Å². The van der Waals surface area contributed by atoms with Gasteiger partial charge in [0.15, 0.2) is 0 Å². The Morgan fingerprint density at radius 2 is 1.85 bits per heavy atom. The van der Waals surface area contributed by atoms with Gasteiger partial charge in [0.05, 0.1) is 11.0 Å². The van der Waals surface area contributed by atoms with Gasteiger partial charge in [-0.2, -0.15) is 4.98 Å². The standard InChI is InChI=1S/C20H19N5O/c1-2-7-14(8-3-1)19-23-20(24-26-19)25-12-6-9-15(13-25)18-21-16-10-4-5-11-17(16)22-18/h1-5,7-8,10-11,15H,6,9,12-13H2,(H,21,22)/t15-/m1/s1. The number of nitrogens with one attached hydrogen (secondary N) is 1. The molecular weight excluding hydrogens is 326 g/mol. The third-order valence-corrected chi connectivity index (χ3v) is 4.93. The summed E-state index contributed by atoms with van der Waals surface area (Å²) in [6.45, 7) is 1.78. The van der Waals surface area contributed by atoms with Crippen LogP contribution in [0.1, 0.15) is 24.6 Å². The fourth-order valence-corrected chi connectivity index (χ4v) is 3.59. The Balaban J connectivity index is 1.38. The summed E-state index contributed by atoms with van der Waals surface area (Å²) in [6.07, 6.45) is 2.19. The van der Waals surface area contributed by atoms with Crippen LogP contribution in [0.15, 0.2) is 59.1 Å². The fraction of sp³-hybridized carbons (Fsp3) is 0.250. The molecule has 0 unspecified atom stereocenters. The van der Waals surface area contributed by atoms with Crippen molar-refractivity contribution in [1.29, 1.82) is 0 Å². The summed E-state index contributed by atoms with van der Waals surface area (Å²) in [5.41, 5.74) is 3.05. The zero-order valence-corrected chi connectivity index (χ0v) is 14.3. The Kier molecular flexibility index (Phi) is 3.66. The van der Waals surface area contributed by atoms with Crippen LogP contribution in [0.25, 0.3) is 22.5 Å². The van der Waals surface area contributed by atoms with E-state index in [0.29, 0.717) is 17.8 Å². The lowest BCUT2D eigenvalue weighted by atomic mass is 9.98. The van der Waals surface area contributed by atoms with Gasteiger partial charge >= 0.3 is 0 Å². The van der Waals surface area contributed by atoms with Gasteiger partial charge in [0.25, 0.3) is 11.8 Å². The van der Waals surface area contributed by atoms with Crippen molar-refractivity contribution in [2.75, 3.05) is 18.0 Å². The molecule has 1 N–H and O–H groups in total. The van der Waals surface area contributed by atoms with E-state index in [4.69, 9.17) is 9.51 Å². The molecule has 5 rings (SSSR count). The SMILES string of the molecule is c1ccc(-c2nc(N3CCC[C@@H](c4nc5ccccc5[nH]4)C3)no2)cc1. The number of aromatic amines is 1. The minimum atomic E-state index is 0.342. The van der Waals surface area contributed by atoms with E-state index in [1.165, 1.54) is 0 Å². The first-order valence-corrected chi connectivity index (χ1v) is 8.95. The number of piperidine rings is 1. The molecule has 0 aliphatic carbocycles. The molecule has 1 atom stereocenters. The lowest BCUT2D eigenvalue weighted by molar-refractivity contribution is 0.422. The molecule has 26 heavy (non-hydrogen) atoms. The highest BCUT2D eigenvalue weighted by molar-refractivity contribution is 5.74. The predicted octanol–water partition coefficient (Wildman–Crippen LogP) is 4.00. The summed E-state index contributed by atoms with van der Waals surface area (Å²) in [4.78, 5) is 15.0. The van der Waals surface area contributed by atoms with Gasteiger partial charge in [0.2, 0.25) is 0 Å². The lowest BCUT2D eigenvalue weighted by Crippen LogP contribution is -2.35. The largest absolute Gasteiger partial charge is 0.342 e. The molecule has 3 heterocycles. The second-order valence-corrected chi connectivity index (χ2v) is 6.69. The molecule has 2 aromatic carbocycles. The second kappa shape index (κ2) is 6.29. The molecule has 0 saturated carbocycles. The summed E-state index contributed by atoms with van der Waals surface area (Å²) in [6, 6.07) is 18.0. The van der Waals surface area contributed by atoms with Crippen LogP contribution in [0.4, 0.5) is 5.95 Å². The number of hydrogen-bond acceptors (Lipinski definition) is 5. The van der Waals surface area contributed by atoms with Crippen LogP contribution < -0.4 is 4.90 Å². The number of imidazole rings is 1. The molecule has 0 bridgehead atoms. The third kappa shape index (κ3) is 2.73. The molecule has 0 spiro atoms. The number of fused-ring (bicyclic) bond motifs is 1. The third-order valence-electron chi connectivity index (χ3n) is 4.93. The number of para-hydroxylation sites is 2. The Bertz CT molecular complexity index is 990. The van der Waals surface area contributed by atoms with Crippen LogP contribution in [0.5, 0.6) is 0 Å². The van der Waals surface area contributed by atoms with Crippen LogP contribution in [0.2, 0.25) is 0 Å². The van der Waals surface area contributed by atoms with Crippen molar-refractivity contribution in [2.45, 2.75) is 18.8 Å². The minimum absolute atomic E-state index is 0.342. The number of anilines is 1. The van der Waals surface area contributed by atoms with Crippen molar-refractivity contribution in [3.8, 4) is 11.5 Å². The summed E-state index contributed by atoms with van der Waals surface area (Å²) < 4.78 is 5.47. The molecule has 130 valence electrons. The second-order valence-electron chi connectivity index (χ2n) is 6.69. The zero-order valence-electron chi connectivity index (χ0n) is 14.3. The first-order chi connectivity index (χ1) is 12.9. The summed E-state index contributed by atoms with van der Waals surface area (Å²) >= 11 is 0.